The first-order valence-corrected chi connectivity index (χ1v) is 15.1. The maximum atomic E-state index is 5.16. The molecule has 4 heterocycles. The number of benzene rings is 5. The molecule has 210 valence electrons. The number of aromatic nitrogens is 4. The summed E-state index contributed by atoms with van der Waals surface area (Å²) < 4.78 is 2.13. The normalized spacial score (nSPS) is 11.6. The van der Waals surface area contributed by atoms with Crippen LogP contribution in [0.5, 0.6) is 0 Å². The Balaban J connectivity index is 1.33. The average Bonchev–Trinajstić information content (AvgIpc) is 3.57. The zero-order valence-corrected chi connectivity index (χ0v) is 24.3. The molecule has 4 heteroatoms. The highest BCUT2D eigenvalue weighted by Crippen LogP contribution is 2.43. The second kappa shape index (κ2) is 10.2. The van der Waals surface area contributed by atoms with Crippen LogP contribution in [0, 0.1) is 0 Å². The first-order chi connectivity index (χ1) is 22.3. The lowest BCUT2D eigenvalue weighted by Gasteiger charge is -2.18. The van der Waals surface area contributed by atoms with Gasteiger partial charge >= 0.3 is 0 Å². The number of hydrogen-bond acceptors (Lipinski definition) is 3. The quantitative estimate of drug-likeness (QED) is 0.196. The summed E-state index contributed by atoms with van der Waals surface area (Å²) in [5.41, 5.74) is 11.6. The fraction of sp³-hybridized carbons (Fsp3) is 0. The molecule has 0 aliphatic heterocycles. The number of rotatable bonds is 4. The summed E-state index contributed by atoms with van der Waals surface area (Å²) in [6.45, 7) is 0. The first kappa shape index (κ1) is 25.4. The fourth-order valence-corrected chi connectivity index (χ4v) is 6.62. The van der Waals surface area contributed by atoms with Crippen molar-refractivity contribution in [1.29, 1.82) is 0 Å². The minimum Gasteiger partial charge on any atom is -0.254 e. The van der Waals surface area contributed by atoms with Crippen molar-refractivity contribution in [2.75, 3.05) is 0 Å². The van der Waals surface area contributed by atoms with Crippen molar-refractivity contribution in [2.24, 2.45) is 0 Å². The molecule has 4 aromatic heterocycles. The third-order valence-electron chi connectivity index (χ3n) is 8.68. The molecule has 0 spiro atoms. The standard InChI is InChI=1S/C41H26N4/c1-3-11-27(12-4-1)35-26-43-45-40(30-13-5-2-6-14-30)37(33-18-7-8-19-34(33)41(35)45)32-16-9-15-31(25-32)36-23-22-29-21-20-28-17-10-24-42-38(28)39(29)44-36/h1-26H. The van der Waals surface area contributed by atoms with Crippen LogP contribution in [0.4, 0.5) is 0 Å². The number of nitrogens with zero attached hydrogens (tertiary/aromatic N) is 4. The van der Waals surface area contributed by atoms with Crippen LogP contribution < -0.4 is 0 Å². The van der Waals surface area contributed by atoms with Gasteiger partial charge in [-0.2, -0.15) is 5.10 Å². The van der Waals surface area contributed by atoms with E-state index in [9.17, 15) is 0 Å². The van der Waals surface area contributed by atoms with Gasteiger partial charge in [0.15, 0.2) is 0 Å². The van der Waals surface area contributed by atoms with Crippen molar-refractivity contribution in [3.05, 3.63) is 158 Å². The molecule has 0 unspecified atom stereocenters. The Bertz CT molecular complexity index is 2530. The minimum atomic E-state index is 0.915. The van der Waals surface area contributed by atoms with E-state index in [1.165, 1.54) is 5.39 Å². The predicted octanol–water partition coefficient (Wildman–Crippen LogP) is 10.3. The van der Waals surface area contributed by atoms with Gasteiger partial charge in [-0.15, -0.1) is 0 Å². The SMILES string of the molecule is c1ccc(-c2cnn3c(-c4ccccc4)c(-c4cccc(-c5ccc6ccc7cccnc7c6n5)c4)c4ccccc4c23)cc1. The van der Waals surface area contributed by atoms with E-state index in [1.807, 2.05) is 18.5 Å². The van der Waals surface area contributed by atoms with E-state index in [2.05, 4.69) is 149 Å². The van der Waals surface area contributed by atoms with Crippen molar-refractivity contribution < 1.29 is 0 Å². The summed E-state index contributed by atoms with van der Waals surface area (Å²) in [5.74, 6) is 0. The van der Waals surface area contributed by atoms with E-state index in [4.69, 9.17) is 10.1 Å². The van der Waals surface area contributed by atoms with Crippen molar-refractivity contribution >= 4 is 38.1 Å². The highest BCUT2D eigenvalue weighted by molar-refractivity contribution is 6.13. The van der Waals surface area contributed by atoms with Crippen LogP contribution in [0.25, 0.3) is 82.9 Å². The summed E-state index contributed by atoms with van der Waals surface area (Å²) in [5, 5.41) is 9.56. The summed E-state index contributed by atoms with van der Waals surface area (Å²) in [4.78, 5) is 9.83. The molecule has 0 radical (unpaired) electrons. The molecule has 45 heavy (non-hydrogen) atoms. The smallest absolute Gasteiger partial charge is 0.0972 e. The molecule has 0 aliphatic carbocycles. The third kappa shape index (κ3) is 4.11. The lowest BCUT2D eigenvalue weighted by molar-refractivity contribution is 0.976. The lowest BCUT2D eigenvalue weighted by atomic mass is 9.91. The summed E-state index contributed by atoms with van der Waals surface area (Å²) in [6, 6.07) is 51.1. The zero-order valence-electron chi connectivity index (χ0n) is 24.3. The summed E-state index contributed by atoms with van der Waals surface area (Å²) in [6.07, 6.45) is 3.84. The van der Waals surface area contributed by atoms with E-state index in [1.54, 1.807) is 0 Å². The van der Waals surface area contributed by atoms with Crippen LogP contribution in [0.1, 0.15) is 0 Å². The molecule has 0 amide bonds. The summed E-state index contributed by atoms with van der Waals surface area (Å²) >= 11 is 0. The van der Waals surface area contributed by atoms with Gasteiger partial charge in [-0.25, -0.2) is 9.50 Å². The molecule has 0 fully saturated rings. The van der Waals surface area contributed by atoms with Crippen LogP contribution >= 0.6 is 0 Å². The Morgan fingerprint density at radius 1 is 0.489 bits per heavy atom. The molecular formula is C41H26N4. The first-order valence-electron chi connectivity index (χ1n) is 15.1. The molecular weight excluding hydrogens is 548 g/mol. The van der Waals surface area contributed by atoms with Gasteiger partial charge in [0.1, 0.15) is 0 Å². The van der Waals surface area contributed by atoms with Crippen LogP contribution in [-0.2, 0) is 0 Å². The highest BCUT2D eigenvalue weighted by Gasteiger charge is 2.21. The molecule has 0 aliphatic rings. The van der Waals surface area contributed by atoms with Crippen molar-refractivity contribution in [1.82, 2.24) is 19.6 Å². The molecule has 0 N–H and O–H groups in total. The fourth-order valence-electron chi connectivity index (χ4n) is 6.62. The van der Waals surface area contributed by atoms with Gasteiger partial charge in [0, 0.05) is 44.6 Å². The van der Waals surface area contributed by atoms with E-state index >= 15 is 0 Å². The van der Waals surface area contributed by atoms with Crippen LogP contribution in [0.15, 0.2) is 158 Å². The van der Waals surface area contributed by atoms with Crippen LogP contribution in [0.3, 0.4) is 0 Å². The lowest BCUT2D eigenvalue weighted by Crippen LogP contribution is -2.00. The number of fused-ring (bicyclic) bond motifs is 6. The minimum absolute atomic E-state index is 0.915. The van der Waals surface area contributed by atoms with Crippen LogP contribution in [-0.4, -0.2) is 19.6 Å². The Labute approximate surface area is 259 Å². The van der Waals surface area contributed by atoms with Crippen molar-refractivity contribution in [3.63, 3.8) is 0 Å². The van der Waals surface area contributed by atoms with Gasteiger partial charge in [0.25, 0.3) is 0 Å². The third-order valence-corrected chi connectivity index (χ3v) is 8.68. The molecule has 0 atom stereocenters. The topological polar surface area (TPSA) is 43.1 Å². The van der Waals surface area contributed by atoms with E-state index in [0.717, 1.165) is 77.5 Å². The molecule has 9 aromatic rings. The van der Waals surface area contributed by atoms with Crippen molar-refractivity contribution in [3.8, 4) is 44.8 Å². The van der Waals surface area contributed by atoms with Gasteiger partial charge in [0.05, 0.1) is 34.1 Å². The molecule has 9 rings (SSSR count). The number of pyridine rings is 3. The van der Waals surface area contributed by atoms with Gasteiger partial charge < -0.3 is 0 Å². The monoisotopic (exact) mass is 574 g/mol. The molecule has 5 aromatic carbocycles. The Kier molecular flexibility index (Phi) is 5.78. The van der Waals surface area contributed by atoms with E-state index in [0.29, 0.717) is 0 Å². The molecule has 4 nitrogen and oxygen atoms in total. The summed E-state index contributed by atoms with van der Waals surface area (Å²) in [7, 11) is 0. The second-order valence-electron chi connectivity index (χ2n) is 11.3. The van der Waals surface area contributed by atoms with Crippen LogP contribution in [0.2, 0.25) is 0 Å². The van der Waals surface area contributed by atoms with Gasteiger partial charge in [0.2, 0.25) is 0 Å². The van der Waals surface area contributed by atoms with Gasteiger partial charge in [-0.3, -0.25) is 4.98 Å². The highest BCUT2D eigenvalue weighted by atomic mass is 15.2. The maximum Gasteiger partial charge on any atom is 0.0972 e. The second-order valence-corrected chi connectivity index (χ2v) is 11.3. The predicted molar refractivity (Wildman–Crippen MR) is 185 cm³/mol. The largest absolute Gasteiger partial charge is 0.254 e. The molecule has 0 bridgehead atoms. The van der Waals surface area contributed by atoms with Gasteiger partial charge in [-0.1, -0.05) is 127 Å². The maximum absolute atomic E-state index is 5.16. The Hall–Kier alpha value is -6.13. The van der Waals surface area contributed by atoms with E-state index in [-0.39, 0.29) is 0 Å². The van der Waals surface area contributed by atoms with E-state index < -0.39 is 0 Å². The Morgan fingerprint density at radius 3 is 1.98 bits per heavy atom. The van der Waals surface area contributed by atoms with Gasteiger partial charge in [-0.05, 0) is 34.7 Å². The zero-order chi connectivity index (χ0) is 29.7. The molecule has 0 saturated carbocycles. The van der Waals surface area contributed by atoms with Crippen molar-refractivity contribution in [2.45, 2.75) is 0 Å². The Morgan fingerprint density at radius 2 is 1.16 bits per heavy atom. The average molecular weight is 575 g/mol. The number of hydrogen-bond donors (Lipinski definition) is 0. The molecule has 0 saturated heterocycles.